The molecule has 8 heteroatoms. The number of rotatable bonds is 7. The number of amides is 2. The summed E-state index contributed by atoms with van der Waals surface area (Å²) in [7, 11) is 0. The second-order valence-corrected chi connectivity index (χ2v) is 6.27. The molecule has 29 heavy (non-hydrogen) atoms. The first-order chi connectivity index (χ1) is 14.1. The van der Waals surface area contributed by atoms with Crippen molar-refractivity contribution in [2.75, 3.05) is 31.7 Å². The number of para-hydroxylation sites is 1. The summed E-state index contributed by atoms with van der Waals surface area (Å²) in [5.41, 5.74) is 1.95. The maximum atomic E-state index is 12.1. The van der Waals surface area contributed by atoms with E-state index >= 15 is 0 Å². The van der Waals surface area contributed by atoms with E-state index in [1.807, 2.05) is 25.1 Å². The number of nitrogens with one attached hydrogen (secondary N) is 2. The summed E-state index contributed by atoms with van der Waals surface area (Å²) in [5.74, 6) is -0.592. The molecule has 0 aliphatic carbocycles. The molecule has 0 aromatic heterocycles. The summed E-state index contributed by atoms with van der Waals surface area (Å²) >= 11 is 0. The molecule has 0 fully saturated rings. The van der Waals surface area contributed by atoms with Crippen LogP contribution in [0.5, 0.6) is 11.5 Å². The molecule has 0 spiro atoms. The van der Waals surface area contributed by atoms with Gasteiger partial charge >= 0.3 is 5.97 Å². The number of hydrogen-bond donors (Lipinski definition) is 2. The molecular weight excluding hydrogens is 376 g/mol. The predicted octanol–water partition coefficient (Wildman–Crippen LogP) is 1.93. The molecule has 8 nitrogen and oxygen atoms in total. The Morgan fingerprint density at radius 2 is 1.76 bits per heavy atom. The second kappa shape index (κ2) is 9.59. The summed E-state index contributed by atoms with van der Waals surface area (Å²) in [6.45, 7) is 2.13. The topological polar surface area (TPSA) is 103 Å². The second-order valence-electron chi connectivity index (χ2n) is 6.27. The van der Waals surface area contributed by atoms with Gasteiger partial charge in [0.15, 0.2) is 18.1 Å². The average molecular weight is 398 g/mol. The summed E-state index contributed by atoms with van der Waals surface area (Å²) < 4.78 is 15.8. The van der Waals surface area contributed by atoms with Crippen LogP contribution in [0.1, 0.15) is 22.8 Å². The SMILES string of the molecule is CCc1ccccc1NC(=O)CNC(=O)COC(=O)c1ccc2c(c1)OCCO2. The Hall–Kier alpha value is -3.55. The maximum Gasteiger partial charge on any atom is 0.338 e. The van der Waals surface area contributed by atoms with E-state index in [-0.39, 0.29) is 18.0 Å². The fourth-order valence-corrected chi connectivity index (χ4v) is 2.76. The highest BCUT2D eigenvalue weighted by molar-refractivity contribution is 5.96. The lowest BCUT2D eigenvalue weighted by Crippen LogP contribution is -2.35. The van der Waals surface area contributed by atoms with Crippen LogP contribution < -0.4 is 20.1 Å². The molecule has 3 rings (SSSR count). The Morgan fingerprint density at radius 1 is 1.00 bits per heavy atom. The van der Waals surface area contributed by atoms with Gasteiger partial charge < -0.3 is 24.8 Å². The molecule has 1 aliphatic heterocycles. The minimum Gasteiger partial charge on any atom is -0.486 e. The molecule has 2 N–H and O–H groups in total. The highest BCUT2D eigenvalue weighted by Gasteiger charge is 2.17. The van der Waals surface area contributed by atoms with Gasteiger partial charge in [-0.05, 0) is 36.2 Å². The van der Waals surface area contributed by atoms with Crippen LogP contribution in [0.15, 0.2) is 42.5 Å². The number of anilines is 1. The highest BCUT2D eigenvalue weighted by Crippen LogP contribution is 2.30. The largest absolute Gasteiger partial charge is 0.486 e. The molecule has 0 saturated carbocycles. The number of benzene rings is 2. The van der Waals surface area contributed by atoms with Crippen molar-refractivity contribution in [2.24, 2.45) is 0 Å². The standard InChI is InChI=1S/C21H22N2O6/c1-2-14-5-3-4-6-16(14)23-19(24)12-22-20(25)13-29-21(26)15-7-8-17-18(11-15)28-10-9-27-17/h3-8,11H,2,9-10,12-13H2,1H3,(H,22,25)(H,23,24). The van der Waals surface area contributed by atoms with E-state index < -0.39 is 18.5 Å². The highest BCUT2D eigenvalue weighted by atomic mass is 16.6. The van der Waals surface area contributed by atoms with Gasteiger partial charge in [0.1, 0.15) is 13.2 Å². The lowest BCUT2D eigenvalue weighted by Gasteiger charge is -2.18. The Morgan fingerprint density at radius 3 is 2.55 bits per heavy atom. The monoisotopic (exact) mass is 398 g/mol. The molecule has 1 aliphatic rings. The van der Waals surface area contributed by atoms with Gasteiger partial charge in [-0.1, -0.05) is 25.1 Å². The number of carbonyl (C=O) groups excluding carboxylic acids is 3. The number of ether oxygens (including phenoxy) is 3. The van der Waals surface area contributed by atoms with E-state index in [1.165, 1.54) is 12.1 Å². The van der Waals surface area contributed by atoms with Gasteiger partial charge in [-0.15, -0.1) is 0 Å². The molecule has 0 radical (unpaired) electrons. The predicted molar refractivity (Wildman–Crippen MR) is 105 cm³/mol. The fourth-order valence-electron chi connectivity index (χ4n) is 2.76. The van der Waals surface area contributed by atoms with E-state index in [4.69, 9.17) is 14.2 Å². The summed E-state index contributed by atoms with van der Waals surface area (Å²) in [4.78, 5) is 36.0. The Kier molecular flexibility index (Phi) is 6.67. The quantitative estimate of drug-likeness (QED) is 0.691. The van der Waals surface area contributed by atoms with Crippen LogP contribution in [-0.4, -0.2) is 44.1 Å². The van der Waals surface area contributed by atoms with E-state index in [1.54, 1.807) is 12.1 Å². The molecule has 152 valence electrons. The summed E-state index contributed by atoms with van der Waals surface area (Å²) in [5, 5.41) is 5.17. The Labute approximate surface area is 168 Å². The van der Waals surface area contributed by atoms with Gasteiger partial charge in [-0.2, -0.15) is 0 Å². The Bertz CT molecular complexity index is 912. The minimum atomic E-state index is -0.668. The smallest absolute Gasteiger partial charge is 0.338 e. The van der Waals surface area contributed by atoms with E-state index in [0.717, 1.165) is 12.0 Å². The Balaban J connectivity index is 1.43. The van der Waals surface area contributed by atoms with Crippen LogP contribution in [0.4, 0.5) is 5.69 Å². The van der Waals surface area contributed by atoms with Gasteiger partial charge in [0.25, 0.3) is 5.91 Å². The first kappa shape index (κ1) is 20.2. The lowest BCUT2D eigenvalue weighted by molar-refractivity contribution is -0.126. The van der Waals surface area contributed by atoms with Crippen molar-refractivity contribution in [1.82, 2.24) is 5.32 Å². The van der Waals surface area contributed by atoms with Crippen molar-refractivity contribution >= 4 is 23.5 Å². The third kappa shape index (κ3) is 5.47. The van der Waals surface area contributed by atoms with Crippen LogP contribution in [0.2, 0.25) is 0 Å². The molecule has 2 amide bonds. The maximum absolute atomic E-state index is 12.1. The molecule has 2 aromatic rings. The van der Waals surface area contributed by atoms with Gasteiger partial charge in [-0.3, -0.25) is 9.59 Å². The van der Waals surface area contributed by atoms with Crippen molar-refractivity contribution in [1.29, 1.82) is 0 Å². The van der Waals surface area contributed by atoms with E-state index in [9.17, 15) is 14.4 Å². The minimum absolute atomic E-state index is 0.224. The molecule has 1 heterocycles. The van der Waals surface area contributed by atoms with Crippen LogP contribution in [0.3, 0.4) is 0 Å². The molecule has 0 unspecified atom stereocenters. The zero-order valence-electron chi connectivity index (χ0n) is 16.0. The molecule has 0 bridgehead atoms. The van der Waals surface area contributed by atoms with Crippen LogP contribution in [-0.2, 0) is 20.7 Å². The van der Waals surface area contributed by atoms with Crippen molar-refractivity contribution in [3.05, 3.63) is 53.6 Å². The lowest BCUT2D eigenvalue weighted by atomic mass is 10.1. The first-order valence-corrected chi connectivity index (χ1v) is 9.28. The number of esters is 1. The zero-order chi connectivity index (χ0) is 20.6. The van der Waals surface area contributed by atoms with Gasteiger partial charge in [0.2, 0.25) is 5.91 Å². The first-order valence-electron chi connectivity index (χ1n) is 9.28. The van der Waals surface area contributed by atoms with Crippen molar-refractivity contribution in [3.8, 4) is 11.5 Å². The summed E-state index contributed by atoms with van der Waals surface area (Å²) in [6, 6.07) is 12.1. The van der Waals surface area contributed by atoms with E-state index in [0.29, 0.717) is 30.4 Å². The number of hydrogen-bond acceptors (Lipinski definition) is 6. The number of aryl methyl sites for hydroxylation is 1. The van der Waals surface area contributed by atoms with Gasteiger partial charge in [0.05, 0.1) is 12.1 Å². The molecule has 2 aromatic carbocycles. The van der Waals surface area contributed by atoms with Crippen molar-refractivity contribution < 1.29 is 28.6 Å². The van der Waals surface area contributed by atoms with Crippen LogP contribution in [0.25, 0.3) is 0 Å². The fraction of sp³-hybridized carbons (Fsp3) is 0.286. The van der Waals surface area contributed by atoms with E-state index in [2.05, 4.69) is 10.6 Å². The molecule has 0 atom stereocenters. The normalized spacial score (nSPS) is 12.0. The summed E-state index contributed by atoms with van der Waals surface area (Å²) in [6.07, 6.45) is 0.776. The van der Waals surface area contributed by atoms with Crippen molar-refractivity contribution in [3.63, 3.8) is 0 Å². The number of fused-ring (bicyclic) bond motifs is 1. The van der Waals surface area contributed by atoms with Gasteiger partial charge in [0, 0.05) is 5.69 Å². The average Bonchev–Trinajstić information content (AvgIpc) is 2.76. The van der Waals surface area contributed by atoms with Crippen LogP contribution >= 0.6 is 0 Å². The van der Waals surface area contributed by atoms with Crippen LogP contribution in [0, 0.1) is 0 Å². The zero-order valence-corrected chi connectivity index (χ0v) is 16.0. The number of carbonyl (C=O) groups is 3. The third-order valence-corrected chi connectivity index (χ3v) is 4.23. The molecule has 0 saturated heterocycles. The third-order valence-electron chi connectivity index (χ3n) is 4.23. The van der Waals surface area contributed by atoms with Crippen molar-refractivity contribution in [2.45, 2.75) is 13.3 Å². The molecular formula is C21H22N2O6. The van der Waals surface area contributed by atoms with Gasteiger partial charge in [-0.25, -0.2) is 4.79 Å².